The summed E-state index contributed by atoms with van der Waals surface area (Å²) >= 11 is 0. The van der Waals surface area contributed by atoms with E-state index in [9.17, 15) is 4.57 Å². The van der Waals surface area contributed by atoms with Gasteiger partial charge in [-0.3, -0.25) is 4.57 Å². The lowest BCUT2D eigenvalue weighted by Gasteiger charge is -2.01. The van der Waals surface area contributed by atoms with E-state index in [0.29, 0.717) is 0 Å². The van der Waals surface area contributed by atoms with Crippen molar-refractivity contribution in [3.63, 3.8) is 0 Å². The van der Waals surface area contributed by atoms with Crippen LogP contribution in [0.15, 0.2) is 54.6 Å². The van der Waals surface area contributed by atoms with Gasteiger partial charge in [0.1, 0.15) is 5.75 Å². The Kier molecular flexibility index (Phi) is 4.27. The standard InChI is InChI=1S/C15H13O2P/c1-17-14-9-7-12(8-10-14)11-15(18-16)13-5-3-2-4-6-13/h2-11H,1H3. The molecule has 0 amide bonds. The van der Waals surface area contributed by atoms with E-state index in [1.165, 1.54) is 0 Å². The molecule has 0 saturated heterocycles. The van der Waals surface area contributed by atoms with Gasteiger partial charge in [0.25, 0.3) is 0 Å². The van der Waals surface area contributed by atoms with Crippen LogP contribution in [0.3, 0.4) is 0 Å². The minimum Gasteiger partial charge on any atom is -0.497 e. The van der Waals surface area contributed by atoms with E-state index in [4.69, 9.17) is 4.74 Å². The quantitative estimate of drug-likeness (QED) is 0.595. The first-order valence-corrected chi connectivity index (χ1v) is 6.39. The second-order valence-electron chi connectivity index (χ2n) is 3.76. The fourth-order valence-electron chi connectivity index (χ4n) is 1.63. The SMILES string of the molecule is COc1ccc(C=C(P=O)c2ccccc2)cc1. The summed E-state index contributed by atoms with van der Waals surface area (Å²) in [6.45, 7) is 0. The molecule has 0 aliphatic carbocycles. The van der Waals surface area contributed by atoms with Gasteiger partial charge in [-0.15, -0.1) is 0 Å². The molecular formula is C15H13O2P. The van der Waals surface area contributed by atoms with Crippen molar-refractivity contribution in [2.75, 3.05) is 7.11 Å². The minimum atomic E-state index is 0.0185. The number of methoxy groups -OCH3 is 1. The molecule has 0 bridgehead atoms. The molecule has 90 valence electrons. The van der Waals surface area contributed by atoms with Gasteiger partial charge in [-0.05, 0) is 29.3 Å². The number of ether oxygens (including phenoxy) is 1. The topological polar surface area (TPSA) is 26.3 Å². The number of hydrogen-bond donors (Lipinski definition) is 0. The van der Waals surface area contributed by atoms with Gasteiger partial charge in [0.05, 0.1) is 12.4 Å². The Bertz CT molecular complexity index is 544. The molecule has 0 fully saturated rings. The van der Waals surface area contributed by atoms with Crippen LogP contribution in [-0.4, -0.2) is 7.11 Å². The van der Waals surface area contributed by atoms with Crippen LogP contribution < -0.4 is 4.74 Å². The van der Waals surface area contributed by atoms with Crippen LogP contribution in [0.5, 0.6) is 5.75 Å². The zero-order valence-electron chi connectivity index (χ0n) is 10.0. The van der Waals surface area contributed by atoms with E-state index in [1.54, 1.807) is 7.11 Å². The normalized spacial score (nSPS) is 11.5. The lowest BCUT2D eigenvalue weighted by atomic mass is 10.1. The predicted molar refractivity (Wildman–Crippen MR) is 74.9 cm³/mol. The highest BCUT2D eigenvalue weighted by atomic mass is 31.1. The second kappa shape index (κ2) is 6.13. The average Bonchev–Trinajstić information content (AvgIpc) is 2.46. The molecule has 2 nitrogen and oxygen atoms in total. The third-order valence-electron chi connectivity index (χ3n) is 2.59. The summed E-state index contributed by atoms with van der Waals surface area (Å²) in [6.07, 6.45) is 1.91. The van der Waals surface area contributed by atoms with Crippen LogP contribution >= 0.6 is 8.46 Å². The third kappa shape index (κ3) is 3.06. The minimum absolute atomic E-state index is 0.0185. The van der Waals surface area contributed by atoms with Gasteiger partial charge < -0.3 is 4.74 Å². The molecule has 0 spiro atoms. The van der Waals surface area contributed by atoms with Gasteiger partial charge in [0.15, 0.2) is 8.46 Å². The molecule has 0 aromatic heterocycles. The Hall–Kier alpha value is -1.92. The van der Waals surface area contributed by atoms with Crippen molar-refractivity contribution < 1.29 is 9.30 Å². The Morgan fingerprint density at radius 1 is 1.06 bits per heavy atom. The van der Waals surface area contributed by atoms with Crippen LogP contribution in [0.4, 0.5) is 0 Å². The first-order valence-electron chi connectivity index (χ1n) is 5.58. The molecule has 0 radical (unpaired) electrons. The molecule has 0 atom stereocenters. The summed E-state index contributed by atoms with van der Waals surface area (Å²) in [5.41, 5.74) is 1.96. The Labute approximate surface area is 108 Å². The highest BCUT2D eigenvalue weighted by Gasteiger charge is 2.01. The maximum Gasteiger partial charge on any atom is 0.192 e. The molecule has 18 heavy (non-hydrogen) atoms. The third-order valence-corrected chi connectivity index (χ3v) is 3.17. The van der Waals surface area contributed by atoms with Crippen molar-refractivity contribution in [2.45, 2.75) is 0 Å². The zero-order chi connectivity index (χ0) is 12.8. The van der Waals surface area contributed by atoms with Crippen molar-refractivity contribution in [1.29, 1.82) is 0 Å². The van der Waals surface area contributed by atoms with Crippen LogP contribution in [0.25, 0.3) is 11.4 Å². The molecule has 2 aromatic carbocycles. The summed E-state index contributed by atoms with van der Waals surface area (Å²) in [4.78, 5) is 0. The molecule has 3 heteroatoms. The Morgan fingerprint density at radius 3 is 2.28 bits per heavy atom. The highest BCUT2D eigenvalue weighted by molar-refractivity contribution is 7.38. The molecule has 0 unspecified atom stereocenters. The van der Waals surface area contributed by atoms with Gasteiger partial charge in [-0.25, -0.2) is 0 Å². The molecule has 2 aromatic rings. The first kappa shape index (κ1) is 12.5. The monoisotopic (exact) mass is 256 g/mol. The van der Waals surface area contributed by atoms with Crippen LogP contribution in [-0.2, 0) is 4.57 Å². The largest absolute Gasteiger partial charge is 0.497 e. The maximum atomic E-state index is 11.2. The smallest absolute Gasteiger partial charge is 0.192 e. The van der Waals surface area contributed by atoms with E-state index in [-0.39, 0.29) is 8.46 Å². The van der Waals surface area contributed by atoms with Crippen molar-refractivity contribution >= 4 is 19.9 Å². The summed E-state index contributed by atoms with van der Waals surface area (Å²) in [6, 6.07) is 17.3. The summed E-state index contributed by atoms with van der Waals surface area (Å²) in [7, 11) is 1.65. The molecule has 2 rings (SSSR count). The first-order chi connectivity index (χ1) is 8.83. The summed E-state index contributed by atoms with van der Waals surface area (Å²) in [5, 5.41) is 0.765. The van der Waals surface area contributed by atoms with E-state index in [0.717, 1.165) is 22.2 Å². The predicted octanol–water partition coefficient (Wildman–Crippen LogP) is 4.49. The molecule has 0 aliphatic heterocycles. The maximum absolute atomic E-state index is 11.2. The van der Waals surface area contributed by atoms with E-state index in [1.807, 2.05) is 60.7 Å². The number of hydrogen-bond acceptors (Lipinski definition) is 2. The van der Waals surface area contributed by atoms with Gasteiger partial charge >= 0.3 is 0 Å². The molecule has 0 heterocycles. The molecule has 0 saturated carbocycles. The molecule has 0 aliphatic rings. The lowest BCUT2D eigenvalue weighted by Crippen LogP contribution is -1.82. The molecule has 0 N–H and O–H groups in total. The van der Waals surface area contributed by atoms with E-state index < -0.39 is 0 Å². The number of benzene rings is 2. The van der Waals surface area contributed by atoms with Crippen molar-refractivity contribution in [3.05, 3.63) is 65.7 Å². The summed E-state index contributed by atoms with van der Waals surface area (Å²) in [5.74, 6) is 0.813. The Morgan fingerprint density at radius 2 is 1.72 bits per heavy atom. The van der Waals surface area contributed by atoms with Crippen LogP contribution in [0.2, 0.25) is 0 Å². The fraction of sp³-hybridized carbons (Fsp3) is 0.0667. The van der Waals surface area contributed by atoms with Crippen molar-refractivity contribution in [3.8, 4) is 5.75 Å². The highest BCUT2D eigenvalue weighted by Crippen LogP contribution is 2.28. The summed E-state index contributed by atoms with van der Waals surface area (Å²) < 4.78 is 16.3. The van der Waals surface area contributed by atoms with E-state index in [2.05, 4.69) is 0 Å². The zero-order valence-corrected chi connectivity index (χ0v) is 10.9. The van der Waals surface area contributed by atoms with Gasteiger partial charge in [-0.1, -0.05) is 42.5 Å². The van der Waals surface area contributed by atoms with Crippen LogP contribution in [0, 0.1) is 0 Å². The lowest BCUT2D eigenvalue weighted by molar-refractivity contribution is 0.415. The van der Waals surface area contributed by atoms with Gasteiger partial charge in [0.2, 0.25) is 0 Å². The van der Waals surface area contributed by atoms with Crippen molar-refractivity contribution in [1.82, 2.24) is 0 Å². The Balaban J connectivity index is 2.32. The van der Waals surface area contributed by atoms with Crippen molar-refractivity contribution in [2.24, 2.45) is 0 Å². The van der Waals surface area contributed by atoms with Crippen LogP contribution in [0.1, 0.15) is 11.1 Å². The second-order valence-corrected chi connectivity index (χ2v) is 4.42. The van der Waals surface area contributed by atoms with E-state index >= 15 is 0 Å². The number of rotatable bonds is 4. The average molecular weight is 256 g/mol. The fourth-order valence-corrected chi connectivity index (χ4v) is 2.09. The molecular weight excluding hydrogens is 243 g/mol. The van der Waals surface area contributed by atoms with Gasteiger partial charge in [-0.2, -0.15) is 0 Å². The van der Waals surface area contributed by atoms with Gasteiger partial charge in [0, 0.05) is 0 Å².